The Balaban J connectivity index is 1.94. The molecule has 0 aliphatic carbocycles. The second-order valence-corrected chi connectivity index (χ2v) is 4.70. The Kier molecular flexibility index (Phi) is 4.79. The van der Waals surface area contributed by atoms with Crippen molar-refractivity contribution in [1.82, 2.24) is 5.32 Å². The van der Waals surface area contributed by atoms with E-state index in [1.165, 1.54) is 18.2 Å². The molecule has 0 saturated heterocycles. The van der Waals surface area contributed by atoms with Crippen molar-refractivity contribution >= 4 is 29.3 Å². The van der Waals surface area contributed by atoms with E-state index in [4.69, 9.17) is 16.7 Å². The van der Waals surface area contributed by atoms with Gasteiger partial charge >= 0.3 is 12.0 Å². The van der Waals surface area contributed by atoms with Gasteiger partial charge in [0.2, 0.25) is 0 Å². The fraction of sp³-hybridized carbons (Fsp3) is 0.0667. The van der Waals surface area contributed by atoms with Crippen LogP contribution in [0, 0.1) is 0 Å². The van der Waals surface area contributed by atoms with Crippen LogP contribution in [0.4, 0.5) is 10.5 Å². The Labute approximate surface area is 126 Å². The molecule has 0 aromatic heterocycles. The van der Waals surface area contributed by atoms with Crippen molar-refractivity contribution in [3.63, 3.8) is 0 Å². The second-order valence-electron chi connectivity index (χ2n) is 4.29. The van der Waals surface area contributed by atoms with Gasteiger partial charge in [0.05, 0.1) is 10.6 Å². The molecule has 0 atom stereocenters. The number of halogens is 1. The average Bonchev–Trinajstić information content (AvgIpc) is 2.46. The van der Waals surface area contributed by atoms with Crippen molar-refractivity contribution in [3.05, 3.63) is 64.7 Å². The summed E-state index contributed by atoms with van der Waals surface area (Å²) in [5, 5.41) is 14.2. The number of anilines is 1. The zero-order valence-electron chi connectivity index (χ0n) is 11.0. The first-order chi connectivity index (χ1) is 10.1. The quantitative estimate of drug-likeness (QED) is 0.810. The average molecular weight is 305 g/mol. The Bertz CT molecular complexity index is 659. The number of nitrogens with one attached hydrogen (secondary N) is 2. The van der Waals surface area contributed by atoms with Crippen LogP contribution in [0.3, 0.4) is 0 Å². The zero-order valence-corrected chi connectivity index (χ0v) is 11.7. The molecule has 2 rings (SSSR count). The van der Waals surface area contributed by atoms with E-state index in [1.54, 1.807) is 0 Å². The number of carbonyl (C=O) groups is 2. The zero-order chi connectivity index (χ0) is 15.2. The van der Waals surface area contributed by atoms with Crippen LogP contribution in [-0.2, 0) is 6.54 Å². The number of benzene rings is 2. The number of hydrogen-bond donors (Lipinski definition) is 3. The Morgan fingerprint density at radius 1 is 1.10 bits per heavy atom. The monoisotopic (exact) mass is 304 g/mol. The molecule has 0 saturated carbocycles. The van der Waals surface area contributed by atoms with Gasteiger partial charge < -0.3 is 15.7 Å². The minimum absolute atomic E-state index is 0.00749. The molecule has 0 unspecified atom stereocenters. The predicted octanol–water partition coefficient (Wildman–Crippen LogP) is 3.36. The smallest absolute Gasteiger partial charge is 0.337 e. The fourth-order valence-corrected chi connectivity index (χ4v) is 1.98. The normalized spacial score (nSPS) is 9.95. The molecular weight excluding hydrogens is 292 g/mol. The molecule has 0 fully saturated rings. The van der Waals surface area contributed by atoms with Crippen LogP contribution in [-0.4, -0.2) is 17.1 Å². The first-order valence-corrected chi connectivity index (χ1v) is 6.55. The highest BCUT2D eigenvalue weighted by atomic mass is 35.5. The summed E-state index contributed by atoms with van der Waals surface area (Å²) in [6, 6.07) is 13.3. The highest BCUT2D eigenvalue weighted by molar-refractivity contribution is 6.33. The number of carboxylic acid groups (broad SMARTS) is 1. The second kappa shape index (κ2) is 6.76. The van der Waals surface area contributed by atoms with Gasteiger partial charge in [-0.25, -0.2) is 9.59 Å². The summed E-state index contributed by atoms with van der Waals surface area (Å²) in [6.45, 7) is 0.396. The largest absolute Gasteiger partial charge is 0.478 e. The summed E-state index contributed by atoms with van der Waals surface area (Å²) in [7, 11) is 0. The lowest BCUT2D eigenvalue weighted by Crippen LogP contribution is -2.28. The van der Waals surface area contributed by atoms with Gasteiger partial charge in [-0.15, -0.1) is 0 Å². The molecule has 6 heteroatoms. The van der Waals surface area contributed by atoms with Crippen LogP contribution in [0.15, 0.2) is 48.5 Å². The minimum Gasteiger partial charge on any atom is -0.478 e. The third-order valence-corrected chi connectivity index (χ3v) is 3.07. The molecule has 2 aromatic rings. The third kappa shape index (κ3) is 4.22. The Morgan fingerprint density at radius 2 is 1.81 bits per heavy atom. The molecule has 0 aliphatic heterocycles. The summed E-state index contributed by atoms with van der Waals surface area (Å²) in [5.74, 6) is -1.11. The molecule has 3 N–H and O–H groups in total. The molecule has 21 heavy (non-hydrogen) atoms. The summed E-state index contributed by atoms with van der Waals surface area (Å²) in [4.78, 5) is 22.6. The van der Waals surface area contributed by atoms with Gasteiger partial charge in [-0.05, 0) is 23.8 Å². The van der Waals surface area contributed by atoms with Crippen molar-refractivity contribution < 1.29 is 14.7 Å². The maximum atomic E-state index is 11.7. The SMILES string of the molecule is O=C(NCc1ccccc1)Nc1ccc(C(=O)O)c(Cl)c1. The van der Waals surface area contributed by atoms with E-state index in [-0.39, 0.29) is 10.6 Å². The molecule has 0 spiro atoms. The van der Waals surface area contributed by atoms with Gasteiger partial charge in [-0.3, -0.25) is 0 Å². The van der Waals surface area contributed by atoms with Crippen LogP contribution in [0.5, 0.6) is 0 Å². The molecule has 0 aliphatic rings. The molecule has 108 valence electrons. The lowest BCUT2D eigenvalue weighted by atomic mass is 10.2. The van der Waals surface area contributed by atoms with E-state index in [1.807, 2.05) is 30.3 Å². The van der Waals surface area contributed by atoms with Crippen LogP contribution in [0.2, 0.25) is 5.02 Å². The Hall–Kier alpha value is -2.53. The first kappa shape index (κ1) is 14.9. The standard InChI is InChI=1S/C15H13ClN2O3/c16-13-8-11(6-7-12(13)14(19)20)18-15(21)17-9-10-4-2-1-3-5-10/h1-8H,9H2,(H,19,20)(H2,17,18,21). The van der Waals surface area contributed by atoms with Crippen LogP contribution < -0.4 is 10.6 Å². The van der Waals surface area contributed by atoms with Crippen molar-refractivity contribution in [1.29, 1.82) is 0 Å². The number of urea groups is 1. The van der Waals surface area contributed by atoms with Gasteiger partial charge in [0.25, 0.3) is 0 Å². The predicted molar refractivity (Wildman–Crippen MR) is 80.7 cm³/mol. The van der Waals surface area contributed by atoms with Crippen molar-refractivity contribution in [2.75, 3.05) is 5.32 Å². The summed E-state index contributed by atoms with van der Waals surface area (Å²) >= 11 is 5.83. The highest BCUT2D eigenvalue weighted by Gasteiger charge is 2.10. The van der Waals surface area contributed by atoms with E-state index in [2.05, 4.69) is 10.6 Å². The maximum absolute atomic E-state index is 11.7. The lowest BCUT2D eigenvalue weighted by Gasteiger charge is -2.08. The summed E-state index contributed by atoms with van der Waals surface area (Å²) < 4.78 is 0. The number of rotatable bonds is 4. The molecule has 5 nitrogen and oxygen atoms in total. The van der Waals surface area contributed by atoms with Crippen LogP contribution in [0.1, 0.15) is 15.9 Å². The fourth-order valence-electron chi connectivity index (χ4n) is 1.72. The van der Waals surface area contributed by atoms with Crippen molar-refractivity contribution in [3.8, 4) is 0 Å². The maximum Gasteiger partial charge on any atom is 0.337 e. The van der Waals surface area contributed by atoms with Gasteiger partial charge in [0.15, 0.2) is 0 Å². The van der Waals surface area contributed by atoms with Gasteiger partial charge in [-0.2, -0.15) is 0 Å². The summed E-state index contributed by atoms with van der Waals surface area (Å²) in [5.41, 5.74) is 1.40. The van der Waals surface area contributed by atoms with E-state index in [0.29, 0.717) is 12.2 Å². The minimum atomic E-state index is -1.11. The molecule has 2 amide bonds. The molecule has 0 heterocycles. The number of carbonyl (C=O) groups excluding carboxylic acids is 1. The summed E-state index contributed by atoms with van der Waals surface area (Å²) in [6.07, 6.45) is 0. The van der Waals surface area contributed by atoms with Gasteiger partial charge in [-0.1, -0.05) is 41.9 Å². The number of carboxylic acids is 1. The Morgan fingerprint density at radius 3 is 2.43 bits per heavy atom. The molecule has 0 bridgehead atoms. The van der Waals surface area contributed by atoms with E-state index in [0.717, 1.165) is 5.56 Å². The van der Waals surface area contributed by atoms with E-state index >= 15 is 0 Å². The first-order valence-electron chi connectivity index (χ1n) is 6.18. The number of aromatic carboxylic acids is 1. The number of amides is 2. The molecular formula is C15H13ClN2O3. The lowest BCUT2D eigenvalue weighted by molar-refractivity contribution is 0.0697. The van der Waals surface area contributed by atoms with Gasteiger partial charge in [0.1, 0.15) is 0 Å². The van der Waals surface area contributed by atoms with E-state index < -0.39 is 12.0 Å². The topological polar surface area (TPSA) is 78.4 Å². The molecule has 0 radical (unpaired) electrons. The highest BCUT2D eigenvalue weighted by Crippen LogP contribution is 2.20. The van der Waals surface area contributed by atoms with Crippen LogP contribution >= 0.6 is 11.6 Å². The third-order valence-electron chi connectivity index (χ3n) is 2.75. The van der Waals surface area contributed by atoms with Gasteiger partial charge in [0, 0.05) is 12.2 Å². The van der Waals surface area contributed by atoms with Crippen LogP contribution in [0.25, 0.3) is 0 Å². The van der Waals surface area contributed by atoms with Crippen molar-refractivity contribution in [2.45, 2.75) is 6.54 Å². The van der Waals surface area contributed by atoms with Crippen molar-refractivity contribution in [2.24, 2.45) is 0 Å². The van der Waals surface area contributed by atoms with E-state index in [9.17, 15) is 9.59 Å². The number of hydrogen-bond acceptors (Lipinski definition) is 2. The molecule has 2 aromatic carbocycles.